The summed E-state index contributed by atoms with van der Waals surface area (Å²) in [4.78, 5) is 26.2. The third kappa shape index (κ3) is 3.96. The molecule has 0 spiro atoms. The summed E-state index contributed by atoms with van der Waals surface area (Å²) in [5.41, 5.74) is 4.30. The lowest BCUT2D eigenvalue weighted by Gasteiger charge is -2.10. The highest BCUT2D eigenvalue weighted by atomic mass is 31.2. The number of nitrogens with one attached hydrogen (secondary N) is 1. The van der Waals surface area contributed by atoms with Crippen molar-refractivity contribution in [2.45, 2.75) is 0 Å². The second-order valence-corrected chi connectivity index (χ2v) is 3.99. The van der Waals surface area contributed by atoms with E-state index in [1.165, 1.54) is 16.6 Å². The summed E-state index contributed by atoms with van der Waals surface area (Å²) in [5, 5.41) is 0. The minimum atomic E-state index is -4.61. The van der Waals surface area contributed by atoms with Crippen LogP contribution in [0.25, 0.3) is 11.1 Å². The van der Waals surface area contributed by atoms with Crippen LogP contribution in [0, 0.1) is 0 Å². The van der Waals surface area contributed by atoms with Crippen molar-refractivity contribution in [2.75, 3.05) is 0 Å². The molecule has 0 radical (unpaired) electrons. The van der Waals surface area contributed by atoms with Gasteiger partial charge in [0.2, 0.25) is 0 Å². The van der Waals surface area contributed by atoms with E-state index in [1.54, 1.807) is 0 Å². The maximum atomic E-state index is 10.2. The van der Waals surface area contributed by atoms with E-state index < -0.39 is 13.7 Å². The lowest BCUT2D eigenvalue weighted by atomic mass is 9.95. The molecule has 0 aromatic rings. The van der Waals surface area contributed by atoms with E-state index in [2.05, 4.69) is 35.5 Å². The predicted molar refractivity (Wildman–Crippen MR) is 56.9 cm³/mol. The van der Waals surface area contributed by atoms with Crippen molar-refractivity contribution in [1.82, 2.24) is 5.48 Å². The molecule has 3 N–H and O–H groups in total. The molecule has 0 aromatic heterocycles. The zero-order valence-electron chi connectivity index (χ0n) is 8.16. The van der Waals surface area contributed by atoms with Crippen LogP contribution in [0.3, 0.4) is 0 Å². The van der Waals surface area contributed by atoms with Crippen LogP contribution in [0.5, 0.6) is 0 Å². The van der Waals surface area contributed by atoms with Gasteiger partial charge in [-0.25, -0.2) is 10.0 Å². The van der Waals surface area contributed by atoms with Gasteiger partial charge < -0.3 is 9.79 Å². The first-order chi connectivity index (χ1) is 7.42. The zero-order valence-corrected chi connectivity index (χ0v) is 9.05. The van der Waals surface area contributed by atoms with Gasteiger partial charge in [-0.3, -0.25) is 4.79 Å². The molecule has 0 saturated heterocycles. The van der Waals surface area contributed by atoms with E-state index in [9.17, 15) is 9.36 Å². The maximum Gasteiger partial charge on any atom is 0.491 e. The van der Waals surface area contributed by atoms with E-state index in [-0.39, 0.29) is 0 Å². The van der Waals surface area contributed by atoms with Gasteiger partial charge in [0.05, 0.1) is 0 Å². The normalized spacial score (nSPS) is 10.9. The Morgan fingerprint density at radius 1 is 1.31 bits per heavy atom. The van der Waals surface area contributed by atoms with Crippen molar-refractivity contribution in [3.8, 4) is 11.1 Å². The van der Waals surface area contributed by atoms with Gasteiger partial charge in [0, 0.05) is 0 Å². The van der Waals surface area contributed by atoms with Crippen LogP contribution in [0.15, 0.2) is 36.9 Å². The van der Waals surface area contributed by atoms with E-state index in [0.29, 0.717) is 0 Å². The largest absolute Gasteiger partial charge is 0.491 e. The third-order valence-corrected chi connectivity index (χ3v) is 2.00. The minimum absolute atomic E-state index is 0.815. The standard InChI is InChI=1S/C6H4.C3H6NO5P/c1-2-6-4-3-5(1)6;1-2-3(5)4-9-10(6,7)8/h1-4H;2H,1H2,(H,4,5)(H2,6,7,8). The first-order valence-electron chi connectivity index (χ1n) is 4.19. The summed E-state index contributed by atoms with van der Waals surface area (Å²) < 4.78 is 13.5. The molecular weight excluding hydrogens is 233 g/mol. The van der Waals surface area contributed by atoms with Gasteiger partial charge in [0.1, 0.15) is 0 Å². The van der Waals surface area contributed by atoms with Gasteiger partial charge in [0.25, 0.3) is 5.91 Å². The summed E-state index contributed by atoms with van der Waals surface area (Å²) in [6.45, 7) is 3.02. The van der Waals surface area contributed by atoms with Crippen LogP contribution >= 0.6 is 7.82 Å². The Morgan fingerprint density at radius 2 is 1.75 bits per heavy atom. The molecular formula is C9H10NO5P. The molecule has 0 bridgehead atoms. The lowest BCUT2D eigenvalue weighted by Crippen LogP contribution is -2.19. The highest BCUT2D eigenvalue weighted by Gasteiger charge is 2.14. The van der Waals surface area contributed by atoms with Crippen LogP contribution in [0.1, 0.15) is 0 Å². The summed E-state index contributed by atoms with van der Waals surface area (Å²) in [6, 6.07) is 8.48. The number of benzene rings is 1. The van der Waals surface area contributed by atoms with Crippen molar-refractivity contribution < 1.29 is 23.8 Å². The molecule has 7 heteroatoms. The highest BCUT2D eigenvalue weighted by Crippen LogP contribution is 2.33. The average molecular weight is 243 g/mol. The second-order valence-electron chi connectivity index (χ2n) is 2.83. The number of rotatable bonds is 3. The fourth-order valence-corrected chi connectivity index (χ4v) is 1.02. The molecule has 0 atom stereocenters. The fraction of sp³-hybridized carbons (Fsp3) is 0. The van der Waals surface area contributed by atoms with Crippen LogP contribution in [-0.2, 0) is 14.0 Å². The molecule has 16 heavy (non-hydrogen) atoms. The zero-order chi connectivity index (χ0) is 12.2. The molecule has 0 unspecified atom stereocenters. The summed E-state index contributed by atoms with van der Waals surface area (Å²) in [6.07, 6.45) is 0.815. The molecule has 0 saturated carbocycles. The van der Waals surface area contributed by atoms with Gasteiger partial charge in [-0.1, -0.05) is 30.8 Å². The number of carbonyl (C=O) groups is 1. The molecule has 86 valence electrons. The van der Waals surface area contributed by atoms with E-state index in [1.807, 2.05) is 0 Å². The minimum Gasteiger partial charge on any atom is -0.301 e. The summed E-state index contributed by atoms with van der Waals surface area (Å²) >= 11 is 0. The number of amides is 1. The summed E-state index contributed by atoms with van der Waals surface area (Å²) in [5.74, 6) is -0.816. The Hall–Kier alpha value is -1.46. The molecule has 2 aliphatic carbocycles. The molecule has 0 aliphatic heterocycles. The summed E-state index contributed by atoms with van der Waals surface area (Å²) in [7, 11) is -4.61. The number of hydrogen-bond acceptors (Lipinski definition) is 3. The molecule has 0 aromatic carbocycles. The van der Waals surface area contributed by atoms with E-state index in [4.69, 9.17) is 9.79 Å². The van der Waals surface area contributed by atoms with Crippen LogP contribution in [0.4, 0.5) is 0 Å². The SMILES string of the molecule is C=CC(=O)NOP(=O)(O)O.c1cc2ccc1-2. The Kier molecular flexibility index (Phi) is 3.98. The van der Waals surface area contributed by atoms with E-state index in [0.717, 1.165) is 6.08 Å². The lowest BCUT2D eigenvalue weighted by molar-refractivity contribution is -0.123. The molecule has 0 heterocycles. The second kappa shape index (κ2) is 5.05. The van der Waals surface area contributed by atoms with Crippen LogP contribution in [0.2, 0.25) is 0 Å². The fourth-order valence-electron chi connectivity index (χ4n) is 0.809. The molecule has 2 rings (SSSR count). The van der Waals surface area contributed by atoms with Crippen molar-refractivity contribution in [3.63, 3.8) is 0 Å². The Bertz CT molecular complexity index is 415. The molecule has 0 fully saturated rings. The van der Waals surface area contributed by atoms with Gasteiger partial charge in [-0.05, 0) is 17.2 Å². The Morgan fingerprint density at radius 3 is 1.94 bits per heavy atom. The molecule has 6 nitrogen and oxygen atoms in total. The average Bonchev–Trinajstić information content (AvgIpc) is 2.19. The Balaban J connectivity index is 0.000000176. The van der Waals surface area contributed by atoms with Gasteiger partial charge in [0.15, 0.2) is 0 Å². The van der Waals surface area contributed by atoms with Crippen molar-refractivity contribution >= 4 is 13.7 Å². The monoisotopic (exact) mass is 243 g/mol. The highest BCUT2D eigenvalue weighted by molar-refractivity contribution is 7.46. The van der Waals surface area contributed by atoms with Crippen LogP contribution in [-0.4, -0.2) is 15.7 Å². The first-order valence-corrected chi connectivity index (χ1v) is 5.72. The number of phosphoric acid groups is 1. The van der Waals surface area contributed by atoms with Gasteiger partial charge >= 0.3 is 7.82 Å². The quantitative estimate of drug-likeness (QED) is 0.424. The Labute approximate surface area is 91.8 Å². The van der Waals surface area contributed by atoms with Crippen LogP contribution < -0.4 is 5.48 Å². The maximum absolute atomic E-state index is 10.2. The number of carbonyl (C=O) groups excluding carboxylic acids is 1. The third-order valence-electron chi connectivity index (χ3n) is 1.67. The van der Waals surface area contributed by atoms with Crippen molar-refractivity contribution in [2.24, 2.45) is 0 Å². The smallest absolute Gasteiger partial charge is 0.301 e. The first kappa shape index (κ1) is 12.6. The van der Waals surface area contributed by atoms with Crippen molar-refractivity contribution in [3.05, 3.63) is 36.9 Å². The molecule has 2 aliphatic rings. The molecule has 1 amide bonds. The van der Waals surface area contributed by atoms with E-state index >= 15 is 0 Å². The predicted octanol–water partition coefficient (Wildman–Crippen LogP) is 0.980. The van der Waals surface area contributed by atoms with Gasteiger partial charge in [-0.15, -0.1) is 0 Å². The topological polar surface area (TPSA) is 95.9 Å². The van der Waals surface area contributed by atoms with Gasteiger partial charge in [-0.2, -0.15) is 4.62 Å². The number of fused-ring (bicyclic) bond motifs is 1. The number of hydroxylamine groups is 1. The number of hydrogen-bond donors (Lipinski definition) is 3. The van der Waals surface area contributed by atoms with Crippen molar-refractivity contribution in [1.29, 1.82) is 0 Å².